The van der Waals surface area contributed by atoms with E-state index < -0.39 is 12.0 Å². The van der Waals surface area contributed by atoms with Gasteiger partial charge in [0.05, 0.1) is 0 Å². The van der Waals surface area contributed by atoms with Gasteiger partial charge in [0.2, 0.25) is 5.95 Å². The summed E-state index contributed by atoms with van der Waals surface area (Å²) in [5.41, 5.74) is 1.98. The topological polar surface area (TPSA) is 58.4 Å². The van der Waals surface area contributed by atoms with E-state index in [0.29, 0.717) is 12.5 Å². The first kappa shape index (κ1) is 11.8. The molecule has 98 valence electrons. The molecule has 0 saturated heterocycles. The van der Waals surface area contributed by atoms with Crippen molar-refractivity contribution in [2.24, 2.45) is 7.05 Å². The first-order valence-corrected chi connectivity index (χ1v) is 6.23. The largest absolute Gasteiger partial charge is 0.479 e. The SMILES string of the molecule is Cn1ccnc1N1CCc2ccccc2C1C(=O)O. The van der Waals surface area contributed by atoms with Crippen LogP contribution in [0.3, 0.4) is 0 Å². The van der Waals surface area contributed by atoms with Crippen molar-refractivity contribution in [2.45, 2.75) is 12.5 Å². The van der Waals surface area contributed by atoms with Crippen LogP contribution in [-0.2, 0) is 18.3 Å². The number of nitrogens with zero attached hydrogens (tertiary/aromatic N) is 3. The van der Waals surface area contributed by atoms with E-state index in [4.69, 9.17) is 0 Å². The zero-order chi connectivity index (χ0) is 13.4. The number of aliphatic carboxylic acids is 1. The number of carboxylic acids is 1. The highest BCUT2D eigenvalue weighted by atomic mass is 16.4. The lowest BCUT2D eigenvalue weighted by Gasteiger charge is -2.35. The van der Waals surface area contributed by atoms with Gasteiger partial charge in [-0.1, -0.05) is 24.3 Å². The quantitative estimate of drug-likeness (QED) is 0.888. The van der Waals surface area contributed by atoms with E-state index in [1.165, 1.54) is 0 Å². The molecule has 0 amide bonds. The van der Waals surface area contributed by atoms with E-state index in [2.05, 4.69) is 4.98 Å². The Morgan fingerprint density at radius 2 is 2.21 bits per heavy atom. The fourth-order valence-corrected chi connectivity index (χ4v) is 2.68. The Bertz CT molecular complexity index is 621. The first-order chi connectivity index (χ1) is 9.18. The third kappa shape index (κ3) is 1.87. The summed E-state index contributed by atoms with van der Waals surface area (Å²) in [7, 11) is 1.88. The molecule has 1 unspecified atom stereocenters. The maximum absolute atomic E-state index is 11.7. The molecule has 19 heavy (non-hydrogen) atoms. The number of rotatable bonds is 2. The highest BCUT2D eigenvalue weighted by Gasteiger charge is 2.34. The molecular formula is C14H15N3O2. The molecule has 1 atom stereocenters. The Morgan fingerprint density at radius 1 is 1.42 bits per heavy atom. The summed E-state index contributed by atoms with van der Waals surface area (Å²) in [6.07, 6.45) is 4.36. The number of fused-ring (bicyclic) bond motifs is 1. The van der Waals surface area contributed by atoms with Crippen molar-refractivity contribution in [3.8, 4) is 0 Å². The summed E-state index contributed by atoms with van der Waals surface area (Å²) < 4.78 is 1.85. The third-order valence-electron chi connectivity index (χ3n) is 3.57. The molecule has 5 nitrogen and oxygen atoms in total. The number of aromatic nitrogens is 2. The van der Waals surface area contributed by atoms with Crippen LogP contribution in [0.15, 0.2) is 36.7 Å². The van der Waals surface area contributed by atoms with Gasteiger partial charge in [0.15, 0.2) is 6.04 Å². The van der Waals surface area contributed by atoms with Crippen molar-refractivity contribution in [1.82, 2.24) is 9.55 Å². The van der Waals surface area contributed by atoms with Crippen molar-refractivity contribution < 1.29 is 9.90 Å². The van der Waals surface area contributed by atoms with Gasteiger partial charge in [0.25, 0.3) is 0 Å². The number of imidazole rings is 1. The lowest BCUT2D eigenvalue weighted by atomic mass is 9.93. The summed E-state index contributed by atoms with van der Waals surface area (Å²) in [5, 5.41) is 9.57. The Hall–Kier alpha value is -2.30. The van der Waals surface area contributed by atoms with Crippen LogP contribution in [0, 0.1) is 0 Å². The molecule has 0 spiro atoms. The lowest BCUT2D eigenvalue weighted by molar-refractivity contribution is -0.139. The third-order valence-corrected chi connectivity index (χ3v) is 3.57. The molecule has 0 saturated carbocycles. The van der Waals surface area contributed by atoms with Gasteiger partial charge >= 0.3 is 5.97 Å². The van der Waals surface area contributed by atoms with Crippen molar-refractivity contribution in [2.75, 3.05) is 11.4 Å². The summed E-state index contributed by atoms with van der Waals surface area (Å²) in [6, 6.07) is 7.07. The van der Waals surface area contributed by atoms with E-state index in [0.717, 1.165) is 17.5 Å². The van der Waals surface area contributed by atoms with Gasteiger partial charge in [-0.05, 0) is 17.5 Å². The Balaban J connectivity index is 2.09. The summed E-state index contributed by atoms with van der Waals surface area (Å²) >= 11 is 0. The van der Waals surface area contributed by atoms with E-state index in [1.807, 2.05) is 47.0 Å². The molecule has 0 fully saturated rings. The lowest BCUT2D eigenvalue weighted by Crippen LogP contribution is -2.41. The van der Waals surface area contributed by atoms with Gasteiger partial charge in [0, 0.05) is 26.0 Å². The molecular weight excluding hydrogens is 242 g/mol. The minimum absolute atomic E-state index is 0.661. The van der Waals surface area contributed by atoms with Crippen LogP contribution in [0.1, 0.15) is 17.2 Å². The second kappa shape index (κ2) is 4.42. The number of aryl methyl sites for hydroxylation is 1. The predicted octanol–water partition coefficient (Wildman–Crippen LogP) is 1.61. The van der Waals surface area contributed by atoms with Crippen molar-refractivity contribution in [3.05, 3.63) is 47.8 Å². The first-order valence-electron chi connectivity index (χ1n) is 6.23. The van der Waals surface area contributed by atoms with Crippen LogP contribution in [0.2, 0.25) is 0 Å². The van der Waals surface area contributed by atoms with Crippen LogP contribution in [-0.4, -0.2) is 27.2 Å². The number of carbonyl (C=O) groups is 1. The number of hydrogen-bond acceptors (Lipinski definition) is 3. The molecule has 5 heteroatoms. The van der Waals surface area contributed by atoms with Crippen molar-refractivity contribution >= 4 is 11.9 Å². The highest BCUT2D eigenvalue weighted by Crippen LogP contribution is 2.32. The van der Waals surface area contributed by atoms with Gasteiger partial charge in [-0.25, -0.2) is 9.78 Å². The molecule has 2 heterocycles. The number of carboxylic acid groups (broad SMARTS) is 1. The van der Waals surface area contributed by atoms with Crippen LogP contribution in [0.25, 0.3) is 0 Å². The molecule has 0 aliphatic carbocycles. The molecule has 1 aromatic carbocycles. The number of benzene rings is 1. The normalized spacial score (nSPS) is 18.2. The molecule has 1 N–H and O–H groups in total. The second-order valence-corrected chi connectivity index (χ2v) is 4.72. The van der Waals surface area contributed by atoms with Crippen LogP contribution in [0.5, 0.6) is 0 Å². The Kier molecular flexibility index (Phi) is 2.74. The fraction of sp³-hybridized carbons (Fsp3) is 0.286. The van der Waals surface area contributed by atoms with E-state index in [9.17, 15) is 9.90 Å². The minimum atomic E-state index is -0.838. The average molecular weight is 257 g/mol. The molecule has 1 aromatic heterocycles. The fourth-order valence-electron chi connectivity index (χ4n) is 2.68. The Morgan fingerprint density at radius 3 is 2.89 bits per heavy atom. The van der Waals surface area contributed by atoms with Crippen LogP contribution < -0.4 is 4.90 Å². The minimum Gasteiger partial charge on any atom is -0.479 e. The van der Waals surface area contributed by atoms with Gasteiger partial charge in [0.1, 0.15) is 0 Å². The van der Waals surface area contributed by atoms with E-state index in [-0.39, 0.29) is 0 Å². The van der Waals surface area contributed by atoms with Gasteiger partial charge < -0.3 is 14.6 Å². The molecule has 0 bridgehead atoms. The zero-order valence-corrected chi connectivity index (χ0v) is 10.7. The smallest absolute Gasteiger partial charge is 0.331 e. The molecule has 1 aliphatic rings. The van der Waals surface area contributed by atoms with E-state index in [1.54, 1.807) is 6.20 Å². The highest BCUT2D eigenvalue weighted by molar-refractivity contribution is 5.80. The second-order valence-electron chi connectivity index (χ2n) is 4.72. The Labute approximate surface area is 111 Å². The van der Waals surface area contributed by atoms with Crippen LogP contribution >= 0.6 is 0 Å². The summed E-state index contributed by atoms with van der Waals surface area (Å²) in [4.78, 5) is 17.8. The molecule has 3 rings (SSSR count). The van der Waals surface area contributed by atoms with Crippen molar-refractivity contribution in [1.29, 1.82) is 0 Å². The zero-order valence-electron chi connectivity index (χ0n) is 10.7. The average Bonchev–Trinajstić information content (AvgIpc) is 2.83. The maximum atomic E-state index is 11.7. The van der Waals surface area contributed by atoms with Crippen molar-refractivity contribution in [3.63, 3.8) is 0 Å². The summed E-state index contributed by atoms with van der Waals surface area (Å²) in [5.74, 6) is -0.142. The molecule has 2 aromatic rings. The number of anilines is 1. The monoisotopic (exact) mass is 257 g/mol. The molecule has 1 aliphatic heterocycles. The maximum Gasteiger partial charge on any atom is 0.331 e. The summed E-state index contributed by atoms with van der Waals surface area (Å²) in [6.45, 7) is 0.666. The van der Waals surface area contributed by atoms with Crippen LogP contribution in [0.4, 0.5) is 5.95 Å². The standard InChI is InChI=1S/C14H15N3O2/c1-16-9-7-15-14(16)17-8-6-10-4-2-3-5-11(10)12(17)13(18)19/h2-5,7,9,12H,6,8H2,1H3,(H,18,19). The number of hydrogen-bond donors (Lipinski definition) is 1. The molecule has 0 radical (unpaired) electrons. The van der Waals surface area contributed by atoms with E-state index >= 15 is 0 Å². The predicted molar refractivity (Wildman–Crippen MR) is 71.1 cm³/mol. The van der Waals surface area contributed by atoms with Gasteiger partial charge in [-0.3, -0.25) is 0 Å². The van der Waals surface area contributed by atoms with Gasteiger partial charge in [-0.15, -0.1) is 0 Å². The van der Waals surface area contributed by atoms with Gasteiger partial charge in [-0.2, -0.15) is 0 Å².